The molecule has 0 aliphatic carbocycles. The first-order valence-corrected chi connectivity index (χ1v) is 8.22. The topological polar surface area (TPSA) is 75.2 Å². The van der Waals surface area contributed by atoms with E-state index >= 15 is 0 Å². The minimum absolute atomic E-state index is 0.0930. The van der Waals surface area contributed by atoms with Crippen molar-refractivity contribution in [2.24, 2.45) is 0 Å². The van der Waals surface area contributed by atoms with Crippen LogP contribution in [0.3, 0.4) is 0 Å². The summed E-state index contributed by atoms with van der Waals surface area (Å²) in [6.07, 6.45) is 0.263. The summed E-state index contributed by atoms with van der Waals surface area (Å²) >= 11 is 0. The highest BCUT2D eigenvalue weighted by atomic mass is 16.2. The summed E-state index contributed by atoms with van der Waals surface area (Å²) in [5.41, 5.74) is 3.11. The predicted octanol–water partition coefficient (Wildman–Crippen LogP) is 2.36. The molecule has 0 fully saturated rings. The number of nitrogens with one attached hydrogen (secondary N) is 1. The zero-order valence-electron chi connectivity index (χ0n) is 15.3. The Morgan fingerprint density at radius 1 is 1.16 bits per heavy atom. The number of rotatable bonds is 5. The third-order valence-electron chi connectivity index (χ3n) is 4.09. The van der Waals surface area contributed by atoms with Gasteiger partial charge in [0.05, 0.1) is 0 Å². The largest absolute Gasteiger partial charge is 0.359 e. The molecule has 0 saturated heterocycles. The third-order valence-corrected chi connectivity index (χ3v) is 4.09. The van der Waals surface area contributed by atoms with E-state index in [-0.39, 0.29) is 24.3 Å². The van der Waals surface area contributed by atoms with Crippen LogP contribution in [0.5, 0.6) is 0 Å². The molecular weight excluding hydrogens is 316 g/mol. The fourth-order valence-corrected chi connectivity index (χ4v) is 2.56. The molecule has 2 amide bonds. The number of carbonyl (C=O) groups excluding carboxylic acids is 2. The molecule has 6 nitrogen and oxygen atoms in total. The van der Waals surface area contributed by atoms with E-state index in [9.17, 15) is 9.59 Å². The van der Waals surface area contributed by atoms with Crippen molar-refractivity contribution in [1.82, 2.24) is 20.2 Å². The Hall–Kier alpha value is -2.76. The summed E-state index contributed by atoms with van der Waals surface area (Å²) < 4.78 is 0. The maximum atomic E-state index is 12.7. The van der Waals surface area contributed by atoms with E-state index in [1.807, 2.05) is 39.0 Å². The van der Waals surface area contributed by atoms with Gasteiger partial charge in [-0.2, -0.15) is 0 Å². The molecule has 0 aliphatic rings. The number of amides is 2. The Morgan fingerprint density at radius 2 is 1.80 bits per heavy atom. The fraction of sp³-hybridized carbons (Fsp3) is 0.368. The highest BCUT2D eigenvalue weighted by Crippen LogP contribution is 2.19. The molecule has 1 heterocycles. The molecule has 2 rings (SSSR count). The van der Waals surface area contributed by atoms with Crippen molar-refractivity contribution in [3.8, 4) is 11.4 Å². The molecule has 6 heteroatoms. The minimum atomic E-state index is -0.200. The fourth-order valence-electron chi connectivity index (χ4n) is 2.56. The Labute approximate surface area is 148 Å². The van der Waals surface area contributed by atoms with Crippen molar-refractivity contribution in [3.63, 3.8) is 0 Å². The Kier molecular flexibility index (Phi) is 5.85. The number of aryl methyl sites for hydroxylation is 2. The normalized spacial score (nSPS) is 11.7. The minimum Gasteiger partial charge on any atom is -0.359 e. The van der Waals surface area contributed by atoms with E-state index in [1.165, 1.54) is 0 Å². The van der Waals surface area contributed by atoms with E-state index in [2.05, 4.69) is 15.3 Å². The first-order valence-electron chi connectivity index (χ1n) is 8.22. The third kappa shape index (κ3) is 4.62. The highest BCUT2D eigenvalue weighted by Gasteiger charge is 2.20. The highest BCUT2D eigenvalue weighted by molar-refractivity contribution is 5.95. The van der Waals surface area contributed by atoms with Gasteiger partial charge in [0.25, 0.3) is 5.91 Å². The number of carbonyl (C=O) groups is 2. The van der Waals surface area contributed by atoms with E-state index < -0.39 is 0 Å². The summed E-state index contributed by atoms with van der Waals surface area (Å²) in [6, 6.07) is 8.97. The van der Waals surface area contributed by atoms with Crippen molar-refractivity contribution in [1.29, 1.82) is 0 Å². The van der Waals surface area contributed by atoms with Gasteiger partial charge in [-0.05, 0) is 39.0 Å². The lowest BCUT2D eigenvalue weighted by molar-refractivity contribution is -0.121. The molecule has 1 N–H and O–H groups in total. The van der Waals surface area contributed by atoms with Gasteiger partial charge in [0, 0.05) is 49.1 Å². The number of benzene rings is 1. The standard InChI is InChI=1S/C19H24N4O2/c1-12-9-13(2)22-18(21-12)15-7-6-8-16(11-15)19(25)23(5)14(3)10-17(24)20-4/h6-9,11,14H,10H2,1-5H3,(H,20,24). The number of hydrogen-bond donors (Lipinski definition) is 1. The summed E-state index contributed by atoms with van der Waals surface area (Å²) in [5.74, 6) is 0.375. The number of hydrogen-bond acceptors (Lipinski definition) is 4. The Morgan fingerprint density at radius 3 is 2.40 bits per heavy atom. The maximum Gasteiger partial charge on any atom is 0.253 e. The van der Waals surface area contributed by atoms with E-state index in [0.29, 0.717) is 11.4 Å². The van der Waals surface area contributed by atoms with Crippen molar-refractivity contribution >= 4 is 11.8 Å². The van der Waals surface area contributed by atoms with Gasteiger partial charge in [-0.15, -0.1) is 0 Å². The average molecular weight is 340 g/mol. The van der Waals surface area contributed by atoms with Crippen LogP contribution in [0.15, 0.2) is 30.3 Å². The SMILES string of the molecule is CNC(=O)CC(C)N(C)C(=O)c1cccc(-c2nc(C)cc(C)n2)c1. The Bertz CT molecular complexity index is 768. The first kappa shape index (κ1) is 18.6. The molecular formula is C19H24N4O2. The van der Waals surface area contributed by atoms with Gasteiger partial charge in [-0.1, -0.05) is 12.1 Å². The monoisotopic (exact) mass is 340 g/mol. The molecule has 132 valence electrons. The van der Waals surface area contributed by atoms with Crippen LogP contribution in [0, 0.1) is 13.8 Å². The van der Waals surface area contributed by atoms with Crippen molar-refractivity contribution in [3.05, 3.63) is 47.3 Å². The average Bonchev–Trinajstić information content (AvgIpc) is 2.59. The lowest BCUT2D eigenvalue weighted by Gasteiger charge is -2.24. The first-order chi connectivity index (χ1) is 11.8. The van der Waals surface area contributed by atoms with Gasteiger partial charge in [0.15, 0.2) is 5.82 Å². The molecule has 1 atom stereocenters. The van der Waals surface area contributed by atoms with Gasteiger partial charge in [-0.25, -0.2) is 9.97 Å². The molecule has 1 unspecified atom stereocenters. The molecule has 1 aromatic heterocycles. The molecule has 0 radical (unpaired) electrons. The maximum absolute atomic E-state index is 12.7. The molecule has 0 saturated carbocycles. The van der Waals surface area contributed by atoms with Gasteiger partial charge in [0.1, 0.15) is 0 Å². The summed E-state index contributed by atoms with van der Waals surface area (Å²) in [4.78, 5) is 34.7. The van der Waals surface area contributed by atoms with E-state index in [1.54, 1.807) is 31.1 Å². The zero-order valence-corrected chi connectivity index (χ0v) is 15.3. The van der Waals surface area contributed by atoms with E-state index in [4.69, 9.17) is 0 Å². The molecule has 25 heavy (non-hydrogen) atoms. The number of aromatic nitrogens is 2. The van der Waals surface area contributed by atoms with Gasteiger partial charge in [-0.3, -0.25) is 9.59 Å². The van der Waals surface area contributed by atoms with Crippen LogP contribution in [-0.4, -0.2) is 46.8 Å². The van der Waals surface area contributed by atoms with Crippen LogP contribution in [0.4, 0.5) is 0 Å². The Balaban J connectivity index is 2.25. The smallest absolute Gasteiger partial charge is 0.253 e. The van der Waals surface area contributed by atoms with Gasteiger partial charge >= 0.3 is 0 Å². The summed E-state index contributed by atoms with van der Waals surface area (Å²) in [6.45, 7) is 5.69. The molecule has 2 aromatic rings. The van der Waals surface area contributed by atoms with E-state index in [0.717, 1.165) is 17.0 Å². The number of nitrogens with zero attached hydrogens (tertiary/aromatic N) is 3. The van der Waals surface area contributed by atoms with Crippen LogP contribution < -0.4 is 5.32 Å². The lowest BCUT2D eigenvalue weighted by Crippen LogP contribution is -2.38. The van der Waals surface area contributed by atoms with Crippen molar-refractivity contribution in [2.75, 3.05) is 14.1 Å². The van der Waals surface area contributed by atoms with Crippen LogP contribution in [0.1, 0.15) is 35.1 Å². The summed E-state index contributed by atoms with van der Waals surface area (Å²) in [7, 11) is 3.29. The van der Waals surface area contributed by atoms with Gasteiger partial charge in [0.2, 0.25) is 5.91 Å². The quantitative estimate of drug-likeness (QED) is 0.906. The lowest BCUT2D eigenvalue weighted by atomic mass is 10.1. The molecule has 0 bridgehead atoms. The molecule has 0 aliphatic heterocycles. The predicted molar refractivity (Wildman–Crippen MR) is 97.2 cm³/mol. The zero-order chi connectivity index (χ0) is 18.6. The van der Waals surface area contributed by atoms with Crippen LogP contribution in [0.25, 0.3) is 11.4 Å². The molecule has 0 spiro atoms. The van der Waals surface area contributed by atoms with Crippen molar-refractivity contribution in [2.45, 2.75) is 33.2 Å². The molecule has 1 aromatic carbocycles. The summed E-state index contributed by atoms with van der Waals surface area (Å²) in [5, 5.41) is 2.58. The van der Waals surface area contributed by atoms with Crippen molar-refractivity contribution < 1.29 is 9.59 Å². The second-order valence-corrected chi connectivity index (χ2v) is 6.20. The van der Waals surface area contributed by atoms with Crippen LogP contribution in [0.2, 0.25) is 0 Å². The second kappa shape index (κ2) is 7.88. The van der Waals surface area contributed by atoms with Crippen LogP contribution in [-0.2, 0) is 4.79 Å². The van der Waals surface area contributed by atoms with Gasteiger partial charge < -0.3 is 10.2 Å². The second-order valence-electron chi connectivity index (χ2n) is 6.20. The van der Waals surface area contributed by atoms with Crippen LogP contribution >= 0.6 is 0 Å².